The Bertz CT molecular complexity index is 3590. The fourth-order valence-corrected chi connectivity index (χ4v) is 11.1. The average Bonchev–Trinajstić information content (AvgIpc) is 1.67. The van der Waals surface area contributed by atoms with Crippen LogP contribution in [0, 0.1) is 11.6 Å². The second kappa shape index (κ2) is 31.0. The number of aromatic nitrogens is 6. The highest BCUT2D eigenvalue weighted by atomic mass is 19.1. The molecule has 476 valence electrons. The maximum absolute atomic E-state index is 13.7. The van der Waals surface area contributed by atoms with Crippen LogP contribution in [0.3, 0.4) is 0 Å². The second-order valence-electron chi connectivity index (χ2n) is 22.8. The zero-order valence-electron chi connectivity index (χ0n) is 56.5. The summed E-state index contributed by atoms with van der Waals surface area (Å²) in [7, 11) is 2.71. The lowest BCUT2D eigenvalue weighted by Gasteiger charge is -2.35. The number of piperazine rings is 2. The summed E-state index contributed by atoms with van der Waals surface area (Å²) in [4.78, 5) is 96.5. The minimum absolute atomic E-state index is 0.210. The van der Waals surface area contributed by atoms with E-state index in [0.717, 1.165) is 45.1 Å². The zero-order valence-corrected chi connectivity index (χ0v) is 50.5. The number of barbiturate groups is 1. The van der Waals surface area contributed by atoms with Crippen LogP contribution in [0.15, 0.2) is 135 Å². The van der Waals surface area contributed by atoms with Gasteiger partial charge in [0.15, 0.2) is 0 Å². The molecular weight excluding hydrogens is 1150 g/mol. The summed E-state index contributed by atoms with van der Waals surface area (Å²) < 4.78 is 75.7. The van der Waals surface area contributed by atoms with Gasteiger partial charge in [-0.25, -0.2) is 22.9 Å². The summed E-state index contributed by atoms with van der Waals surface area (Å²) in [5.41, 5.74) is 4.54. The average molecular weight is 1240 g/mol. The Balaban J connectivity index is 0.000000195. The third-order valence-corrected chi connectivity index (χ3v) is 16.6. The van der Waals surface area contributed by atoms with E-state index in [1.807, 2.05) is 30.3 Å². The van der Waals surface area contributed by atoms with E-state index in [4.69, 9.17) is 8.22 Å². The van der Waals surface area contributed by atoms with Crippen molar-refractivity contribution in [2.45, 2.75) is 80.9 Å². The summed E-state index contributed by atoms with van der Waals surface area (Å²) >= 11 is 0. The molecule has 5 heterocycles. The Morgan fingerprint density at radius 1 is 0.633 bits per heavy atom. The highest BCUT2D eigenvalue weighted by Crippen LogP contribution is 2.45. The Morgan fingerprint density at radius 2 is 1.09 bits per heavy atom. The molecule has 3 N–H and O–H groups in total. The molecule has 8 amide bonds. The van der Waals surface area contributed by atoms with Crippen LogP contribution in [-0.4, -0.2) is 230 Å². The number of halogens is 2. The summed E-state index contributed by atoms with van der Waals surface area (Å²) in [5.74, 6) is -1.87. The number of nitrogens with zero attached hydrogens (tertiary/aromatic N) is 13. The number of hydrogen-bond acceptors (Lipinski definition) is 15. The van der Waals surface area contributed by atoms with Crippen LogP contribution in [0.1, 0.15) is 96.8 Å². The van der Waals surface area contributed by atoms with E-state index in [0.29, 0.717) is 80.4 Å². The topological polar surface area (TPSA) is 240 Å². The first-order valence-corrected chi connectivity index (χ1v) is 30.2. The van der Waals surface area contributed by atoms with Crippen LogP contribution in [-0.2, 0) is 19.2 Å². The maximum atomic E-state index is 13.7. The predicted molar refractivity (Wildman–Crippen MR) is 332 cm³/mol. The normalized spacial score (nSPS) is 21.1. The Labute approximate surface area is 531 Å². The molecule has 3 aliphatic heterocycles. The number of carbonyl (C=O) groups is 7. The Morgan fingerprint density at radius 3 is 1.52 bits per heavy atom. The minimum atomic E-state index is -2.20. The molecular formula is C65H80F2N16O7. The lowest BCUT2D eigenvalue weighted by atomic mass is 10.1. The molecule has 23 nitrogen and oxygen atoms in total. The molecule has 11 rings (SSSR count). The summed E-state index contributed by atoms with van der Waals surface area (Å²) in [6.45, 7) is 3.68. The smallest absolute Gasteiger partial charge is 0.332 e. The largest absolute Gasteiger partial charge is 0.340 e. The maximum Gasteiger partial charge on any atom is 0.332 e. The third kappa shape index (κ3) is 17.7. The molecule has 90 heavy (non-hydrogen) atoms. The molecule has 0 bridgehead atoms. The molecule has 6 aromatic rings. The van der Waals surface area contributed by atoms with Crippen molar-refractivity contribution < 1.29 is 50.6 Å². The third-order valence-electron chi connectivity index (χ3n) is 16.6. The minimum Gasteiger partial charge on any atom is -0.340 e. The molecule has 6 atom stereocenters. The Kier molecular flexibility index (Phi) is 19.8. The van der Waals surface area contributed by atoms with Gasteiger partial charge in [-0.3, -0.25) is 43.5 Å². The van der Waals surface area contributed by atoms with E-state index in [1.165, 1.54) is 48.2 Å². The summed E-state index contributed by atoms with van der Waals surface area (Å²) in [6.07, 6.45) is 12.3. The van der Waals surface area contributed by atoms with Gasteiger partial charge < -0.3 is 35.6 Å². The molecule has 5 aliphatic rings. The Hall–Kier alpha value is -8.91. The first-order valence-electron chi connectivity index (χ1n) is 33.2. The van der Waals surface area contributed by atoms with Crippen molar-refractivity contribution in [1.82, 2.24) is 80.2 Å². The standard InChI is InChI=1S/C31H38FN7O2.C28H34FN7O2.C6H8N2O3/c1-3-15-37(29-22-27(29)23-6-10-25(32)11-7-23)16-4-5-28(31(41)38-20-18-36(2)19-21-38)34-30(40)24-8-12-26(13-9-24)39-17-14-33-35-39;1-34-15-17-35(18-16-34)28(38)25(3-2-12-30-26-19-24(26)20-4-8-22(29)9-5-20)32-27(37)21-6-10-23(11-7-21)36-14-13-31-33-36;1-7-4(9)3-5(10)8(2)6(7)11/h3,6-14,17,27-29H,1,4-5,15-16,18-22H2,2H3,(H,34,40);4-11,13-14,24-26,30H,2-3,12,15-19H2,1H3,(H,32,37);3H2,1-2H3/t27-,28-,29?;24-,25-,26?;/m00./s1/i2D3;1D3;. The molecule has 2 aliphatic carbocycles. The van der Waals surface area contributed by atoms with Gasteiger partial charge in [-0.1, -0.05) is 40.8 Å². The van der Waals surface area contributed by atoms with Gasteiger partial charge in [-0.2, -0.15) is 0 Å². The fourth-order valence-electron chi connectivity index (χ4n) is 11.1. The molecule has 3 saturated heterocycles. The van der Waals surface area contributed by atoms with Crippen LogP contribution in [0.5, 0.6) is 0 Å². The monoisotopic (exact) mass is 1240 g/mol. The number of amides is 8. The van der Waals surface area contributed by atoms with Crippen molar-refractivity contribution in [3.63, 3.8) is 0 Å². The number of imide groups is 2. The van der Waals surface area contributed by atoms with Crippen molar-refractivity contribution in [3.05, 3.63) is 168 Å². The predicted octanol–water partition coefficient (Wildman–Crippen LogP) is 4.73. The number of benzene rings is 4. The van der Waals surface area contributed by atoms with E-state index < -0.39 is 43.9 Å². The van der Waals surface area contributed by atoms with Gasteiger partial charge in [-0.15, -0.1) is 16.8 Å². The molecule has 2 saturated carbocycles. The van der Waals surface area contributed by atoms with Crippen LogP contribution < -0.4 is 16.0 Å². The SMILES string of the molecule is CN1C(=O)CC(=O)N(C)C1=O.[2H]C([2H])([2H])N1CCN(C(=O)[C@H](CCCN(CC=C)C2C[C@H]2c2ccc(F)cc2)NC(=O)c2ccc(-n3ccnn3)cc2)CC1.[2H]C([2H])([2H])N1CCN(C(=O)[C@H](CCCNC2C[C@H]2c2ccc(F)cc2)NC(=O)c2ccc(-n3ccnn3)cc2)CC1. The molecule has 2 unspecified atom stereocenters. The van der Waals surface area contributed by atoms with E-state index in [1.54, 1.807) is 92.5 Å². The highest BCUT2D eigenvalue weighted by molar-refractivity contribution is 6.13. The van der Waals surface area contributed by atoms with Crippen molar-refractivity contribution >= 4 is 41.5 Å². The lowest BCUT2D eigenvalue weighted by molar-refractivity contribution is -0.141. The number of urea groups is 1. The van der Waals surface area contributed by atoms with Gasteiger partial charge in [-0.05, 0) is 149 Å². The van der Waals surface area contributed by atoms with Gasteiger partial charge in [0.1, 0.15) is 30.1 Å². The number of carbonyl (C=O) groups excluding carboxylic acids is 7. The number of rotatable bonds is 22. The molecule has 5 fully saturated rings. The lowest BCUT2D eigenvalue weighted by Crippen LogP contribution is -2.54. The van der Waals surface area contributed by atoms with Gasteiger partial charge >= 0.3 is 6.03 Å². The summed E-state index contributed by atoms with van der Waals surface area (Å²) in [5, 5.41) is 24.9. The second-order valence-corrected chi connectivity index (χ2v) is 22.8. The highest BCUT2D eigenvalue weighted by Gasteiger charge is 2.42. The van der Waals surface area contributed by atoms with Crippen molar-refractivity contribution in [1.29, 1.82) is 0 Å². The number of likely N-dealkylation sites (N-methyl/N-ethyl adjacent to an activating group) is 2. The first-order chi connectivity index (χ1) is 45.9. The van der Waals surface area contributed by atoms with Gasteiger partial charge in [0.25, 0.3) is 11.8 Å². The van der Waals surface area contributed by atoms with Crippen molar-refractivity contribution in [2.24, 2.45) is 0 Å². The van der Waals surface area contributed by atoms with E-state index in [-0.39, 0.29) is 94.0 Å². The molecule has 0 spiro atoms. The fraction of sp³-hybridized carbons (Fsp3) is 0.431. The number of hydrogen-bond donors (Lipinski definition) is 3. The van der Waals surface area contributed by atoms with Gasteiger partial charge in [0.05, 0.1) is 36.2 Å². The van der Waals surface area contributed by atoms with Crippen molar-refractivity contribution in [3.8, 4) is 11.4 Å². The zero-order chi connectivity index (χ0) is 68.8. The quantitative estimate of drug-likeness (QED) is 0.0473. The van der Waals surface area contributed by atoms with Crippen LogP contribution in [0.25, 0.3) is 11.4 Å². The summed E-state index contributed by atoms with van der Waals surface area (Å²) in [6, 6.07) is 25.5. The molecule has 2 aromatic heterocycles. The van der Waals surface area contributed by atoms with Crippen LogP contribution >= 0.6 is 0 Å². The van der Waals surface area contributed by atoms with E-state index >= 15 is 0 Å². The first kappa shape index (κ1) is 57.5. The van der Waals surface area contributed by atoms with Crippen LogP contribution in [0.4, 0.5) is 13.6 Å². The van der Waals surface area contributed by atoms with Crippen LogP contribution in [0.2, 0.25) is 0 Å². The molecule has 0 radical (unpaired) electrons. The molecule has 4 aromatic carbocycles. The van der Waals surface area contributed by atoms with E-state index in [9.17, 15) is 42.3 Å². The number of nitrogens with one attached hydrogen (secondary N) is 3. The van der Waals surface area contributed by atoms with Gasteiger partial charge in [0.2, 0.25) is 23.6 Å². The van der Waals surface area contributed by atoms with E-state index in [2.05, 4.69) is 48.1 Å². The van der Waals surface area contributed by atoms with Crippen molar-refractivity contribution in [2.75, 3.05) is 100 Å². The van der Waals surface area contributed by atoms with Gasteiger partial charge in [0, 0.05) is 116 Å². The molecule has 25 heteroatoms.